The Kier molecular flexibility index (Phi) is 5.20. The Labute approximate surface area is 168 Å². The minimum atomic E-state index is -0.416. The summed E-state index contributed by atoms with van der Waals surface area (Å²) in [4.78, 5) is 28.9. The first-order valence-electron chi connectivity index (χ1n) is 9.51. The van der Waals surface area contributed by atoms with E-state index in [2.05, 4.69) is 4.90 Å². The van der Waals surface area contributed by atoms with Crippen LogP contribution in [0.2, 0.25) is 0 Å². The predicted molar refractivity (Wildman–Crippen MR) is 108 cm³/mol. The van der Waals surface area contributed by atoms with Crippen LogP contribution in [0.25, 0.3) is 10.9 Å². The second-order valence-corrected chi connectivity index (χ2v) is 7.02. The van der Waals surface area contributed by atoms with E-state index >= 15 is 0 Å². The maximum atomic E-state index is 13.1. The third-order valence-electron chi connectivity index (χ3n) is 5.32. The molecule has 0 radical (unpaired) electrons. The topological polar surface area (TPSA) is 54.8 Å². The Morgan fingerprint density at radius 3 is 2.38 bits per heavy atom. The van der Waals surface area contributed by atoms with Gasteiger partial charge in [-0.2, -0.15) is 0 Å². The van der Waals surface area contributed by atoms with Crippen LogP contribution in [-0.4, -0.2) is 54.6 Å². The highest BCUT2D eigenvalue weighted by atomic mass is 19.1. The van der Waals surface area contributed by atoms with Crippen molar-refractivity contribution in [1.82, 2.24) is 9.47 Å². The molecule has 2 heterocycles. The molecule has 1 amide bonds. The molecule has 4 rings (SSSR count). The second kappa shape index (κ2) is 7.95. The van der Waals surface area contributed by atoms with Crippen LogP contribution in [-0.2, 0) is 16.1 Å². The van der Waals surface area contributed by atoms with E-state index in [9.17, 15) is 14.0 Å². The van der Waals surface area contributed by atoms with E-state index in [-0.39, 0.29) is 18.3 Å². The van der Waals surface area contributed by atoms with Crippen molar-refractivity contribution in [3.8, 4) is 0 Å². The summed E-state index contributed by atoms with van der Waals surface area (Å²) in [6.45, 7) is 2.74. The predicted octanol–water partition coefficient (Wildman–Crippen LogP) is 2.92. The smallest absolute Gasteiger partial charge is 0.340 e. The fourth-order valence-electron chi connectivity index (χ4n) is 3.76. The van der Waals surface area contributed by atoms with Crippen molar-refractivity contribution in [3.05, 3.63) is 66.1 Å². The van der Waals surface area contributed by atoms with Crippen molar-refractivity contribution in [2.45, 2.75) is 6.54 Å². The average Bonchev–Trinajstić information content (AvgIpc) is 3.12. The molecule has 0 atom stereocenters. The highest BCUT2D eigenvalue weighted by Crippen LogP contribution is 2.23. The van der Waals surface area contributed by atoms with Gasteiger partial charge < -0.3 is 19.1 Å². The number of hydrogen-bond donors (Lipinski definition) is 0. The minimum absolute atomic E-state index is 0.000856. The van der Waals surface area contributed by atoms with Crippen LogP contribution in [0.15, 0.2) is 54.7 Å². The van der Waals surface area contributed by atoms with Crippen LogP contribution in [0.4, 0.5) is 10.1 Å². The lowest BCUT2D eigenvalue weighted by Gasteiger charge is -2.36. The molecule has 150 valence electrons. The third-order valence-corrected chi connectivity index (χ3v) is 5.32. The van der Waals surface area contributed by atoms with E-state index in [0.29, 0.717) is 31.7 Å². The van der Waals surface area contributed by atoms with Gasteiger partial charge in [0.1, 0.15) is 12.4 Å². The number of methoxy groups -OCH3 is 1. The van der Waals surface area contributed by atoms with Gasteiger partial charge in [0.25, 0.3) is 0 Å². The number of carbonyl (C=O) groups excluding carboxylic acids is 2. The highest BCUT2D eigenvalue weighted by Gasteiger charge is 2.23. The molecule has 6 nitrogen and oxygen atoms in total. The van der Waals surface area contributed by atoms with Gasteiger partial charge in [0.15, 0.2) is 0 Å². The zero-order chi connectivity index (χ0) is 20.4. The van der Waals surface area contributed by atoms with Crippen LogP contribution < -0.4 is 4.90 Å². The molecule has 1 aromatic heterocycles. The Hall–Kier alpha value is -3.35. The van der Waals surface area contributed by atoms with Crippen molar-refractivity contribution in [2.24, 2.45) is 0 Å². The number of carbonyl (C=O) groups is 2. The van der Waals surface area contributed by atoms with Crippen molar-refractivity contribution >= 4 is 28.5 Å². The summed E-state index contributed by atoms with van der Waals surface area (Å²) in [6.07, 6.45) is 1.68. The highest BCUT2D eigenvalue weighted by molar-refractivity contribution is 6.04. The monoisotopic (exact) mass is 395 g/mol. The molecule has 3 aromatic rings. The molecule has 0 unspecified atom stereocenters. The van der Waals surface area contributed by atoms with Crippen LogP contribution in [0.5, 0.6) is 0 Å². The SMILES string of the molecule is COC(=O)c1cn(CC(=O)N2CCN(c3ccc(F)cc3)CC2)c2ccccc12. The minimum Gasteiger partial charge on any atom is -0.465 e. The van der Waals surface area contributed by atoms with Gasteiger partial charge in [-0.1, -0.05) is 18.2 Å². The molecule has 0 spiro atoms. The molecule has 0 saturated carbocycles. The van der Waals surface area contributed by atoms with E-state index in [4.69, 9.17) is 4.74 Å². The molecule has 1 aliphatic rings. The van der Waals surface area contributed by atoms with Crippen LogP contribution in [0, 0.1) is 5.82 Å². The Morgan fingerprint density at radius 1 is 1.00 bits per heavy atom. The molecule has 2 aromatic carbocycles. The maximum absolute atomic E-state index is 13.1. The van der Waals surface area contributed by atoms with E-state index in [1.165, 1.54) is 19.2 Å². The Balaban J connectivity index is 1.45. The number of hydrogen-bond acceptors (Lipinski definition) is 4. The summed E-state index contributed by atoms with van der Waals surface area (Å²) in [5.74, 6) is -0.672. The number of benzene rings is 2. The number of nitrogens with zero attached hydrogens (tertiary/aromatic N) is 3. The van der Waals surface area contributed by atoms with Crippen LogP contribution in [0.3, 0.4) is 0 Å². The number of anilines is 1. The fraction of sp³-hybridized carbons (Fsp3) is 0.273. The number of fused-ring (bicyclic) bond motifs is 1. The molecule has 7 heteroatoms. The number of rotatable bonds is 4. The molecule has 0 N–H and O–H groups in total. The van der Waals surface area contributed by atoms with Gasteiger partial charge in [-0.15, -0.1) is 0 Å². The first-order chi connectivity index (χ1) is 14.1. The quantitative estimate of drug-likeness (QED) is 0.638. The number of amides is 1. The average molecular weight is 395 g/mol. The van der Waals surface area contributed by atoms with Crippen LogP contribution >= 0.6 is 0 Å². The third kappa shape index (κ3) is 3.81. The summed E-state index contributed by atoms with van der Waals surface area (Å²) in [6, 6.07) is 13.9. The van der Waals surface area contributed by atoms with E-state index < -0.39 is 5.97 Å². The van der Waals surface area contributed by atoms with Gasteiger partial charge in [0.05, 0.1) is 12.7 Å². The molecular formula is C22H22FN3O3. The van der Waals surface area contributed by atoms with E-state index in [0.717, 1.165) is 16.6 Å². The van der Waals surface area contributed by atoms with Gasteiger partial charge >= 0.3 is 5.97 Å². The summed E-state index contributed by atoms with van der Waals surface area (Å²) in [5, 5.41) is 0.772. The first kappa shape index (κ1) is 19.0. The number of esters is 1. The van der Waals surface area contributed by atoms with Gasteiger partial charge in [-0.3, -0.25) is 4.79 Å². The number of aromatic nitrogens is 1. The summed E-state index contributed by atoms with van der Waals surface area (Å²) in [7, 11) is 1.35. The lowest BCUT2D eigenvalue weighted by Crippen LogP contribution is -2.49. The van der Waals surface area contributed by atoms with Gasteiger partial charge in [-0.05, 0) is 30.3 Å². The summed E-state index contributed by atoms with van der Waals surface area (Å²) < 4.78 is 19.8. The molecular weight excluding hydrogens is 373 g/mol. The van der Waals surface area contributed by atoms with E-state index in [1.807, 2.05) is 29.2 Å². The second-order valence-electron chi connectivity index (χ2n) is 7.02. The molecule has 1 saturated heterocycles. The number of ether oxygens (including phenoxy) is 1. The lowest BCUT2D eigenvalue weighted by molar-refractivity contribution is -0.132. The summed E-state index contributed by atoms with van der Waals surface area (Å²) in [5.41, 5.74) is 2.24. The number of halogens is 1. The largest absolute Gasteiger partial charge is 0.465 e. The normalized spacial score (nSPS) is 14.3. The lowest BCUT2D eigenvalue weighted by atomic mass is 10.2. The number of piperazine rings is 1. The molecule has 0 aliphatic carbocycles. The fourth-order valence-corrected chi connectivity index (χ4v) is 3.76. The number of para-hydroxylation sites is 1. The zero-order valence-corrected chi connectivity index (χ0v) is 16.2. The van der Waals surface area contributed by atoms with Crippen molar-refractivity contribution in [1.29, 1.82) is 0 Å². The van der Waals surface area contributed by atoms with Gasteiger partial charge in [-0.25, -0.2) is 9.18 Å². The molecule has 1 aliphatic heterocycles. The van der Waals surface area contributed by atoms with E-state index in [1.54, 1.807) is 22.9 Å². The van der Waals surface area contributed by atoms with Gasteiger partial charge in [0, 0.05) is 49.0 Å². The van der Waals surface area contributed by atoms with Crippen LogP contribution in [0.1, 0.15) is 10.4 Å². The molecule has 29 heavy (non-hydrogen) atoms. The van der Waals surface area contributed by atoms with Crippen molar-refractivity contribution < 1.29 is 18.7 Å². The maximum Gasteiger partial charge on any atom is 0.340 e. The molecule has 0 bridgehead atoms. The first-order valence-corrected chi connectivity index (χ1v) is 9.51. The van der Waals surface area contributed by atoms with Crippen molar-refractivity contribution in [3.63, 3.8) is 0 Å². The van der Waals surface area contributed by atoms with Gasteiger partial charge in [0.2, 0.25) is 5.91 Å². The summed E-state index contributed by atoms with van der Waals surface area (Å²) >= 11 is 0. The Morgan fingerprint density at radius 2 is 1.69 bits per heavy atom. The van der Waals surface area contributed by atoms with Crippen molar-refractivity contribution in [2.75, 3.05) is 38.2 Å². The zero-order valence-electron chi connectivity index (χ0n) is 16.2. The standard InChI is InChI=1S/C22H22FN3O3/c1-29-22(28)19-14-26(20-5-3-2-4-18(19)20)15-21(27)25-12-10-24(11-13-25)17-8-6-16(23)7-9-17/h2-9,14H,10-13,15H2,1H3. The Bertz CT molecular complexity index is 1040. The molecule has 1 fully saturated rings.